The lowest BCUT2D eigenvalue weighted by Gasteiger charge is -2.13. The van der Waals surface area contributed by atoms with Crippen LogP contribution in [0.15, 0.2) is 34.7 Å². The molecule has 0 saturated carbocycles. The second-order valence-electron chi connectivity index (χ2n) is 5.21. The van der Waals surface area contributed by atoms with Crippen molar-refractivity contribution >= 4 is 51.3 Å². The number of hydrogen-bond acceptors (Lipinski definition) is 4. The van der Waals surface area contributed by atoms with E-state index in [-0.39, 0.29) is 22.4 Å². The predicted molar refractivity (Wildman–Crippen MR) is 93.8 cm³/mol. The van der Waals surface area contributed by atoms with Crippen LogP contribution in [0.2, 0.25) is 5.02 Å². The molecule has 0 bridgehead atoms. The Labute approximate surface area is 138 Å². The van der Waals surface area contributed by atoms with Crippen molar-refractivity contribution in [1.29, 1.82) is 0 Å². The number of hydrogen-bond donors (Lipinski definition) is 1. The number of rotatable bonds is 3. The molecule has 1 N–H and O–H groups in total. The third-order valence-corrected chi connectivity index (χ3v) is 3.52. The molecule has 0 unspecified atom stereocenters. The van der Waals surface area contributed by atoms with E-state index in [4.69, 9.17) is 11.6 Å². The fourth-order valence-electron chi connectivity index (χ4n) is 1.38. The van der Waals surface area contributed by atoms with Gasteiger partial charge < -0.3 is 0 Å². The van der Waals surface area contributed by atoms with Crippen LogP contribution in [-0.2, 0) is 5.41 Å². The van der Waals surface area contributed by atoms with Crippen LogP contribution in [0.3, 0.4) is 0 Å². The lowest BCUT2D eigenvalue weighted by molar-refractivity contribution is 0.573. The van der Waals surface area contributed by atoms with Gasteiger partial charge in [-0.05, 0) is 17.7 Å². The van der Waals surface area contributed by atoms with Gasteiger partial charge in [0.25, 0.3) is 0 Å². The van der Waals surface area contributed by atoms with E-state index in [1.165, 1.54) is 0 Å². The molecule has 1 aromatic heterocycles. The summed E-state index contributed by atoms with van der Waals surface area (Å²) in [5, 5.41) is 7.75. The number of hydrazone groups is 1. The second-order valence-corrected chi connectivity index (χ2v) is 6.50. The molecule has 6 heteroatoms. The Hall–Kier alpha value is -0.910. The zero-order chi connectivity index (χ0) is 13.9. The summed E-state index contributed by atoms with van der Waals surface area (Å²) in [5.74, 6) is 0. The average Bonchev–Trinajstić information content (AvgIpc) is 2.80. The number of nitrogens with zero attached hydrogens (tertiary/aromatic N) is 2. The monoisotopic (exact) mass is 373 g/mol. The summed E-state index contributed by atoms with van der Waals surface area (Å²) in [6.07, 6.45) is 1.74. The Kier molecular flexibility index (Phi) is 6.17. The highest BCUT2D eigenvalue weighted by molar-refractivity contribution is 8.93. The molecule has 0 atom stereocenters. The number of benzene rings is 1. The van der Waals surface area contributed by atoms with Crippen LogP contribution in [0.4, 0.5) is 5.13 Å². The molecule has 0 aliphatic rings. The van der Waals surface area contributed by atoms with E-state index in [1.54, 1.807) is 17.6 Å². The summed E-state index contributed by atoms with van der Waals surface area (Å²) in [7, 11) is 0. The molecule has 0 spiro atoms. The Morgan fingerprint density at radius 1 is 1.25 bits per heavy atom. The van der Waals surface area contributed by atoms with Crippen LogP contribution in [-0.4, -0.2) is 11.2 Å². The summed E-state index contributed by atoms with van der Waals surface area (Å²) in [6.45, 7) is 6.43. The van der Waals surface area contributed by atoms with Gasteiger partial charge in [0, 0.05) is 15.8 Å². The maximum Gasteiger partial charge on any atom is 0.203 e. The fraction of sp³-hybridized carbons (Fsp3) is 0.286. The average molecular weight is 375 g/mol. The highest BCUT2D eigenvalue weighted by atomic mass is 79.9. The van der Waals surface area contributed by atoms with Gasteiger partial charge in [-0.15, -0.1) is 28.3 Å². The Bertz CT molecular complexity index is 573. The van der Waals surface area contributed by atoms with Crippen LogP contribution < -0.4 is 5.43 Å². The third kappa shape index (κ3) is 4.89. The van der Waals surface area contributed by atoms with E-state index >= 15 is 0 Å². The minimum atomic E-state index is 0. The highest BCUT2D eigenvalue weighted by Gasteiger charge is 2.17. The number of thiazole rings is 1. The third-order valence-electron chi connectivity index (χ3n) is 2.52. The smallest absolute Gasteiger partial charge is 0.203 e. The molecule has 0 fully saturated rings. The Balaban J connectivity index is 0.00000200. The summed E-state index contributed by atoms with van der Waals surface area (Å²) in [5.41, 5.74) is 5.07. The molecule has 20 heavy (non-hydrogen) atoms. The minimum absolute atomic E-state index is 0. The molecule has 0 radical (unpaired) electrons. The van der Waals surface area contributed by atoms with Crippen molar-refractivity contribution in [1.82, 2.24) is 4.98 Å². The number of halogens is 2. The van der Waals surface area contributed by atoms with Crippen LogP contribution in [0.5, 0.6) is 0 Å². The van der Waals surface area contributed by atoms with E-state index < -0.39 is 0 Å². The van der Waals surface area contributed by atoms with Crippen LogP contribution in [0.1, 0.15) is 32.0 Å². The van der Waals surface area contributed by atoms with E-state index in [0.717, 1.165) is 21.4 Å². The van der Waals surface area contributed by atoms with Crippen molar-refractivity contribution in [3.05, 3.63) is 45.9 Å². The highest BCUT2D eigenvalue weighted by Crippen LogP contribution is 2.26. The molecule has 3 nitrogen and oxygen atoms in total. The van der Waals surface area contributed by atoms with Crippen LogP contribution in [0.25, 0.3) is 0 Å². The molecular weight excluding hydrogens is 358 g/mol. The molecule has 0 saturated heterocycles. The van der Waals surface area contributed by atoms with Gasteiger partial charge in [0.2, 0.25) is 5.13 Å². The van der Waals surface area contributed by atoms with Crippen molar-refractivity contribution < 1.29 is 0 Å². The Morgan fingerprint density at radius 3 is 2.45 bits per heavy atom. The van der Waals surface area contributed by atoms with E-state index in [0.29, 0.717) is 0 Å². The van der Waals surface area contributed by atoms with Gasteiger partial charge in [-0.3, -0.25) is 5.43 Å². The first kappa shape index (κ1) is 17.1. The molecule has 0 aliphatic carbocycles. The Morgan fingerprint density at radius 2 is 1.90 bits per heavy atom. The normalized spacial score (nSPS) is 11.4. The second kappa shape index (κ2) is 7.20. The predicted octanol–water partition coefficient (Wildman–Crippen LogP) is 5.12. The van der Waals surface area contributed by atoms with Gasteiger partial charge in [-0.2, -0.15) is 5.10 Å². The van der Waals surface area contributed by atoms with Gasteiger partial charge in [0.05, 0.1) is 11.9 Å². The van der Waals surface area contributed by atoms with Crippen molar-refractivity contribution in [2.75, 3.05) is 5.43 Å². The fourth-order valence-corrected chi connectivity index (χ4v) is 2.39. The van der Waals surface area contributed by atoms with Crippen LogP contribution in [0, 0.1) is 0 Å². The topological polar surface area (TPSA) is 37.3 Å². The first-order valence-electron chi connectivity index (χ1n) is 5.96. The molecule has 0 aliphatic heterocycles. The van der Waals surface area contributed by atoms with Crippen molar-refractivity contribution in [2.24, 2.45) is 5.10 Å². The van der Waals surface area contributed by atoms with E-state index in [9.17, 15) is 0 Å². The lowest BCUT2D eigenvalue weighted by Crippen LogP contribution is -2.11. The summed E-state index contributed by atoms with van der Waals surface area (Å²) in [4.78, 5) is 4.50. The lowest BCUT2D eigenvalue weighted by atomic mass is 9.93. The van der Waals surface area contributed by atoms with E-state index in [2.05, 4.69) is 41.7 Å². The largest absolute Gasteiger partial charge is 0.253 e. The maximum absolute atomic E-state index is 5.82. The molecular formula is C14H17BrClN3S. The van der Waals surface area contributed by atoms with Gasteiger partial charge in [-0.1, -0.05) is 44.5 Å². The minimum Gasteiger partial charge on any atom is -0.253 e. The van der Waals surface area contributed by atoms with Gasteiger partial charge in [0.15, 0.2) is 0 Å². The van der Waals surface area contributed by atoms with Crippen molar-refractivity contribution in [2.45, 2.75) is 26.2 Å². The SMILES string of the molecule is Br.CC(C)(C)c1csc(NN=Cc2ccc(Cl)cc2)n1. The summed E-state index contributed by atoms with van der Waals surface area (Å²) < 4.78 is 0. The molecule has 1 heterocycles. The standard InChI is InChI=1S/C14H16ClN3S.BrH/c1-14(2,3)12-9-19-13(17-12)18-16-8-10-4-6-11(15)7-5-10;/h4-9H,1-3H3,(H,17,18);1H. The molecule has 108 valence electrons. The van der Waals surface area contributed by atoms with Crippen molar-refractivity contribution in [3.8, 4) is 0 Å². The van der Waals surface area contributed by atoms with Gasteiger partial charge >= 0.3 is 0 Å². The van der Waals surface area contributed by atoms with Crippen LogP contribution >= 0.6 is 39.9 Å². The number of anilines is 1. The summed E-state index contributed by atoms with van der Waals surface area (Å²) >= 11 is 7.38. The number of nitrogens with one attached hydrogen (secondary N) is 1. The van der Waals surface area contributed by atoms with Gasteiger partial charge in [0.1, 0.15) is 0 Å². The molecule has 2 aromatic rings. The maximum atomic E-state index is 5.82. The molecule has 2 rings (SSSR count). The number of aromatic nitrogens is 1. The summed E-state index contributed by atoms with van der Waals surface area (Å²) in [6, 6.07) is 7.50. The first-order valence-corrected chi connectivity index (χ1v) is 7.21. The zero-order valence-electron chi connectivity index (χ0n) is 11.6. The quantitative estimate of drug-likeness (QED) is 0.598. The molecule has 0 amide bonds. The molecule has 1 aromatic carbocycles. The first-order chi connectivity index (χ1) is 8.95. The van der Waals surface area contributed by atoms with Crippen molar-refractivity contribution in [3.63, 3.8) is 0 Å². The van der Waals surface area contributed by atoms with E-state index in [1.807, 2.05) is 24.3 Å². The van der Waals surface area contributed by atoms with Gasteiger partial charge in [-0.25, -0.2) is 4.98 Å². The zero-order valence-corrected chi connectivity index (χ0v) is 14.8.